The van der Waals surface area contributed by atoms with Crippen molar-refractivity contribution in [1.29, 1.82) is 0 Å². The molecule has 1 unspecified atom stereocenters. The number of rotatable bonds is 6. The van der Waals surface area contributed by atoms with E-state index in [-0.39, 0.29) is 0 Å². The molecule has 0 spiro atoms. The molecule has 4 nitrogen and oxygen atoms in total. The molecule has 1 aromatic carbocycles. The Hall–Kier alpha value is -1.26. The summed E-state index contributed by atoms with van der Waals surface area (Å²) in [5.74, 6) is 1.78. The molecular formula is C15H23NO3. The monoisotopic (exact) mass is 265 g/mol. The number of methoxy groups -OCH3 is 3. The van der Waals surface area contributed by atoms with Crippen LogP contribution in [0.15, 0.2) is 12.1 Å². The average Bonchev–Trinajstić information content (AvgIpc) is 2.93. The fourth-order valence-corrected chi connectivity index (χ4v) is 2.67. The molecule has 1 aromatic rings. The summed E-state index contributed by atoms with van der Waals surface area (Å²) in [5.41, 5.74) is 2.21. The summed E-state index contributed by atoms with van der Waals surface area (Å²) in [6.45, 7) is 1.67. The van der Waals surface area contributed by atoms with E-state index in [2.05, 4.69) is 5.32 Å². The van der Waals surface area contributed by atoms with Crippen LogP contribution in [0.25, 0.3) is 0 Å². The van der Waals surface area contributed by atoms with Crippen molar-refractivity contribution in [3.05, 3.63) is 23.3 Å². The highest BCUT2D eigenvalue weighted by molar-refractivity contribution is 5.48. The maximum absolute atomic E-state index is 5.52. The van der Waals surface area contributed by atoms with Crippen LogP contribution in [0, 0.1) is 0 Å². The predicted octanol–water partition coefficient (Wildman–Crippen LogP) is 2.14. The van der Waals surface area contributed by atoms with Gasteiger partial charge in [-0.05, 0) is 43.5 Å². The molecule has 19 heavy (non-hydrogen) atoms. The number of benzene rings is 1. The van der Waals surface area contributed by atoms with E-state index in [1.165, 1.54) is 12.8 Å². The van der Waals surface area contributed by atoms with Crippen molar-refractivity contribution in [2.75, 3.05) is 27.9 Å². The first kappa shape index (κ1) is 14.2. The maximum atomic E-state index is 5.52. The van der Waals surface area contributed by atoms with Gasteiger partial charge >= 0.3 is 0 Å². The highest BCUT2D eigenvalue weighted by Crippen LogP contribution is 2.33. The van der Waals surface area contributed by atoms with Crippen molar-refractivity contribution in [2.45, 2.75) is 31.9 Å². The van der Waals surface area contributed by atoms with E-state index in [9.17, 15) is 0 Å². The van der Waals surface area contributed by atoms with Gasteiger partial charge in [0.25, 0.3) is 0 Å². The Bertz CT molecular complexity index is 389. The Kier molecular flexibility index (Phi) is 5.05. The lowest BCUT2D eigenvalue weighted by atomic mass is 10.0. The minimum absolute atomic E-state index is 0.524. The first-order valence-corrected chi connectivity index (χ1v) is 6.74. The summed E-state index contributed by atoms with van der Waals surface area (Å²) in [4.78, 5) is 0. The van der Waals surface area contributed by atoms with Gasteiger partial charge in [0.05, 0.1) is 20.8 Å². The van der Waals surface area contributed by atoms with Gasteiger partial charge in [0.2, 0.25) is 0 Å². The van der Waals surface area contributed by atoms with Gasteiger partial charge in [0.1, 0.15) is 11.5 Å². The number of ether oxygens (including phenoxy) is 3. The number of hydrogen-bond acceptors (Lipinski definition) is 4. The van der Waals surface area contributed by atoms with Gasteiger partial charge in [-0.2, -0.15) is 0 Å². The van der Waals surface area contributed by atoms with Crippen LogP contribution in [-0.2, 0) is 17.8 Å². The van der Waals surface area contributed by atoms with Crippen LogP contribution < -0.4 is 14.8 Å². The second-order valence-corrected chi connectivity index (χ2v) is 4.91. The molecule has 1 N–H and O–H groups in total. The van der Waals surface area contributed by atoms with E-state index >= 15 is 0 Å². The highest BCUT2D eigenvalue weighted by atomic mass is 16.5. The quantitative estimate of drug-likeness (QED) is 0.855. The van der Waals surface area contributed by atoms with Gasteiger partial charge in [-0.25, -0.2) is 0 Å². The van der Waals surface area contributed by atoms with Crippen molar-refractivity contribution in [3.8, 4) is 11.5 Å². The van der Waals surface area contributed by atoms with E-state index in [0.717, 1.165) is 35.6 Å². The van der Waals surface area contributed by atoms with Crippen LogP contribution in [-0.4, -0.2) is 33.9 Å². The Balaban J connectivity index is 2.27. The van der Waals surface area contributed by atoms with Gasteiger partial charge in [-0.1, -0.05) is 0 Å². The molecule has 0 amide bonds. The minimum Gasteiger partial charge on any atom is -0.496 e. The summed E-state index contributed by atoms with van der Waals surface area (Å²) in [6.07, 6.45) is 3.41. The van der Waals surface area contributed by atoms with Crippen LogP contribution in [0.1, 0.15) is 24.0 Å². The van der Waals surface area contributed by atoms with Crippen molar-refractivity contribution < 1.29 is 14.2 Å². The van der Waals surface area contributed by atoms with Crippen LogP contribution >= 0.6 is 0 Å². The zero-order valence-electron chi connectivity index (χ0n) is 12.0. The van der Waals surface area contributed by atoms with Crippen molar-refractivity contribution in [2.24, 2.45) is 0 Å². The first-order valence-electron chi connectivity index (χ1n) is 6.74. The summed E-state index contributed by atoms with van der Waals surface area (Å²) < 4.78 is 16.2. The summed E-state index contributed by atoms with van der Waals surface area (Å²) in [6, 6.07) is 4.60. The molecule has 0 radical (unpaired) electrons. The normalized spacial score (nSPS) is 18.6. The molecule has 1 saturated heterocycles. The Labute approximate surface area is 115 Å². The van der Waals surface area contributed by atoms with E-state index in [4.69, 9.17) is 14.2 Å². The molecule has 0 bridgehead atoms. The Morgan fingerprint density at radius 1 is 1.16 bits per heavy atom. The third-order valence-corrected chi connectivity index (χ3v) is 3.59. The molecule has 0 aliphatic carbocycles. The smallest absolute Gasteiger partial charge is 0.126 e. The maximum Gasteiger partial charge on any atom is 0.126 e. The summed E-state index contributed by atoms with van der Waals surface area (Å²) >= 11 is 0. The van der Waals surface area contributed by atoms with E-state index in [0.29, 0.717) is 12.6 Å². The Morgan fingerprint density at radius 3 is 2.32 bits per heavy atom. The molecule has 1 heterocycles. The molecule has 4 heteroatoms. The molecule has 1 aliphatic heterocycles. The lowest BCUT2D eigenvalue weighted by Gasteiger charge is -2.18. The van der Waals surface area contributed by atoms with Crippen LogP contribution in [0.2, 0.25) is 0 Å². The van der Waals surface area contributed by atoms with Crippen molar-refractivity contribution >= 4 is 0 Å². The molecule has 1 atom stereocenters. The molecule has 1 fully saturated rings. The van der Waals surface area contributed by atoms with E-state index in [1.54, 1.807) is 21.3 Å². The van der Waals surface area contributed by atoms with Crippen LogP contribution in [0.3, 0.4) is 0 Å². The fourth-order valence-electron chi connectivity index (χ4n) is 2.67. The minimum atomic E-state index is 0.524. The largest absolute Gasteiger partial charge is 0.496 e. The topological polar surface area (TPSA) is 39.7 Å². The first-order chi connectivity index (χ1) is 9.28. The molecule has 2 rings (SSSR count). The second-order valence-electron chi connectivity index (χ2n) is 4.91. The zero-order chi connectivity index (χ0) is 13.7. The van der Waals surface area contributed by atoms with Crippen molar-refractivity contribution in [1.82, 2.24) is 5.32 Å². The molecule has 106 valence electrons. The van der Waals surface area contributed by atoms with Gasteiger partial charge in [0, 0.05) is 18.7 Å². The molecule has 0 saturated carbocycles. The molecule has 0 aromatic heterocycles. The van der Waals surface area contributed by atoms with E-state index in [1.807, 2.05) is 12.1 Å². The number of hydrogen-bond donors (Lipinski definition) is 1. The average molecular weight is 265 g/mol. The SMILES string of the molecule is COCc1cc(OC)c(CC2CCCN2)c(OC)c1. The fraction of sp³-hybridized carbons (Fsp3) is 0.600. The standard InChI is InChI=1S/C15H23NO3/c1-17-10-11-7-14(18-2)13(15(8-11)19-3)9-12-5-4-6-16-12/h7-8,12,16H,4-6,9-10H2,1-3H3. The van der Waals surface area contributed by atoms with Gasteiger partial charge in [-0.3, -0.25) is 0 Å². The number of nitrogens with one attached hydrogen (secondary N) is 1. The third kappa shape index (κ3) is 3.39. The summed E-state index contributed by atoms with van der Waals surface area (Å²) in [7, 11) is 5.10. The van der Waals surface area contributed by atoms with Crippen molar-refractivity contribution in [3.63, 3.8) is 0 Å². The lowest BCUT2D eigenvalue weighted by Crippen LogP contribution is -2.24. The van der Waals surface area contributed by atoms with Crippen LogP contribution in [0.4, 0.5) is 0 Å². The Morgan fingerprint density at radius 2 is 1.84 bits per heavy atom. The lowest BCUT2D eigenvalue weighted by molar-refractivity contribution is 0.184. The molecular weight excluding hydrogens is 242 g/mol. The predicted molar refractivity (Wildman–Crippen MR) is 75.0 cm³/mol. The van der Waals surface area contributed by atoms with Gasteiger partial charge in [-0.15, -0.1) is 0 Å². The van der Waals surface area contributed by atoms with Gasteiger partial charge in [0.15, 0.2) is 0 Å². The summed E-state index contributed by atoms with van der Waals surface area (Å²) in [5, 5.41) is 3.51. The zero-order valence-corrected chi connectivity index (χ0v) is 12.0. The highest BCUT2D eigenvalue weighted by Gasteiger charge is 2.20. The second kappa shape index (κ2) is 6.78. The third-order valence-electron chi connectivity index (χ3n) is 3.59. The van der Waals surface area contributed by atoms with Gasteiger partial charge < -0.3 is 19.5 Å². The molecule has 1 aliphatic rings. The van der Waals surface area contributed by atoms with E-state index < -0.39 is 0 Å². The van der Waals surface area contributed by atoms with Crippen LogP contribution in [0.5, 0.6) is 11.5 Å².